The van der Waals surface area contributed by atoms with Crippen molar-refractivity contribution < 1.29 is 0 Å². The molecule has 1 aliphatic carbocycles. The van der Waals surface area contributed by atoms with Crippen LogP contribution in [0.1, 0.15) is 24.4 Å². The second-order valence-electron chi connectivity index (χ2n) is 4.37. The number of fused-ring (bicyclic) bond motifs is 1. The number of imidazole rings is 1. The summed E-state index contributed by atoms with van der Waals surface area (Å²) in [6.45, 7) is 2.14. The lowest BCUT2D eigenvalue weighted by atomic mass is 10.1. The monoisotopic (exact) mass is 230 g/mol. The molecule has 1 heterocycles. The Labute approximate surface area is 99.6 Å². The summed E-state index contributed by atoms with van der Waals surface area (Å²) in [6.07, 6.45) is 6.66. The maximum Gasteiger partial charge on any atom is 0.178 e. The first-order chi connectivity index (χ1) is 7.77. The zero-order chi connectivity index (χ0) is 11.1. The molecule has 1 aliphatic rings. The van der Waals surface area contributed by atoms with Gasteiger partial charge in [0.1, 0.15) is 0 Å². The summed E-state index contributed by atoms with van der Waals surface area (Å²) in [5, 5.41) is 0. The largest absolute Gasteiger partial charge is 0.331 e. The van der Waals surface area contributed by atoms with Crippen molar-refractivity contribution in [2.75, 3.05) is 0 Å². The van der Waals surface area contributed by atoms with Crippen LogP contribution < -0.4 is 0 Å². The Bertz CT molecular complexity index is 610. The highest BCUT2D eigenvalue weighted by atomic mass is 32.1. The lowest BCUT2D eigenvalue weighted by Gasteiger charge is -2.13. The fourth-order valence-electron chi connectivity index (χ4n) is 2.52. The Morgan fingerprint density at radius 1 is 1.31 bits per heavy atom. The number of rotatable bonds is 1. The summed E-state index contributed by atoms with van der Waals surface area (Å²) in [5.74, 6) is 0. The van der Waals surface area contributed by atoms with Crippen LogP contribution in [0, 0.1) is 11.7 Å². The Hall–Kier alpha value is -1.35. The molecule has 0 atom stereocenters. The van der Waals surface area contributed by atoms with Crippen LogP contribution in [0.25, 0.3) is 11.0 Å². The van der Waals surface area contributed by atoms with Gasteiger partial charge in [-0.25, -0.2) is 0 Å². The first-order valence-electron chi connectivity index (χ1n) is 5.62. The van der Waals surface area contributed by atoms with Crippen LogP contribution in [-0.2, 0) is 0 Å². The van der Waals surface area contributed by atoms with Gasteiger partial charge in [-0.05, 0) is 43.6 Å². The van der Waals surface area contributed by atoms with Crippen LogP contribution in [0.4, 0.5) is 0 Å². The molecule has 1 N–H and O–H groups in total. The summed E-state index contributed by atoms with van der Waals surface area (Å²) in [6, 6.07) is 6.81. The SMILES string of the molecule is Cc1cccc2[nH]c(=S)n(C3CC=CC3)c12. The van der Waals surface area contributed by atoms with Crippen molar-refractivity contribution in [1.29, 1.82) is 0 Å². The molecule has 3 heteroatoms. The third kappa shape index (κ3) is 1.35. The topological polar surface area (TPSA) is 20.7 Å². The molecule has 82 valence electrons. The van der Waals surface area contributed by atoms with E-state index in [2.05, 4.69) is 46.8 Å². The molecule has 0 saturated heterocycles. The molecular formula is C13H14N2S. The van der Waals surface area contributed by atoms with E-state index in [0.29, 0.717) is 6.04 Å². The van der Waals surface area contributed by atoms with Gasteiger partial charge in [0, 0.05) is 6.04 Å². The quantitative estimate of drug-likeness (QED) is 0.582. The summed E-state index contributed by atoms with van der Waals surface area (Å²) >= 11 is 5.43. The van der Waals surface area contributed by atoms with E-state index < -0.39 is 0 Å². The van der Waals surface area contributed by atoms with Crippen molar-refractivity contribution in [2.24, 2.45) is 0 Å². The number of aromatic nitrogens is 2. The van der Waals surface area contributed by atoms with E-state index in [1.165, 1.54) is 11.1 Å². The van der Waals surface area contributed by atoms with Crippen molar-refractivity contribution in [1.82, 2.24) is 9.55 Å². The van der Waals surface area contributed by atoms with Gasteiger partial charge in [0.15, 0.2) is 4.77 Å². The van der Waals surface area contributed by atoms with E-state index in [9.17, 15) is 0 Å². The second-order valence-corrected chi connectivity index (χ2v) is 4.75. The lowest BCUT2D eigenvalue weighted by molar-refractivity contribution is 0.543. The third-order valence-electron chi connectivity index (χ3n) is 3.29. The molecule has 0 saturated carbocycles. The molecule has 0 unspecified atom stereocenters. The van der Waals surface area contributed by atoms with Gasteiger partial charge in [0.05, 0.1) is 11.0 Å². The number of H-pyrrole nitrogens is 1. The standard InChI is InChI=1S/C13H14N2S/c1-9-5-4-8-11-12(9)15(13(16)14-11)10-6-2-3-7-10/h2-5,8,10H,6-7H2,1H3,(H,14,16). The zero-order valence-corrected chi connectivity index (χ0v) is 10.1. The van der Waals surface area contributed by atoms with Crippen molar-refractivity contribution in [2.45, 2.75) is 25.8 Å². The molecule has 16 heavy (non-hydrogen) atoms. The lowest BCUT2D eigenvalue weighted by Crippen LogP contribution is -2.05. The molecule has 2 aromatic rings. The number of nitrogens with one attached hydrogen (secondary N) is 1. The van der Waals surface area contributed by atoms with Crippen molar-refractivity contribution in [3.8, 4) is 0 Å². The molecule has 0 radical (unpaired) electrons. The highest BCUT2D eigenvalue weighted by Crippen LogP contribution is 2.29. The molecule has 0 bridgehead atoms. The van der Waals surface area contributed by atoms with Crippen LogP contribution in [0.15, 0.2) is 30.4 Å². The van der Waals surface area contributed by atoms with Gasteiger partial charge in [-0.2, -0.15) is 0 Å². The number of para-hydroxylation sites is 1. The van der Waals surface area contributed by atoms with Gasteiger partial charge in [-0.3, -0.25) is 0 Å². The fraction of sp³-hybridized carbons (Fsp3) is 0.308. The normalized spacial score (nSPS) is 16.3. The number of benzene rings is 1. The molecule has 1 aromatic carbocycles. The molecule has 1 aromatic heterocycles. The Morgan fingerprint density at radius 3 is 2.81 bits per heavy atom. The van der Waals surface area contributed by atoms with Gasteiger partial charge >= 0.3 is 0 Å². The van der Waals surface area contributed by atoms with Crippen molar-refractivity contribution >= 4 is 23.3 Å². The Balaban J connectivity index is 2.30. The average molecular weight is 230 g/mol. The first kappa shape index (κ1) is 9.85. The van der Waals surface area contributed by atoms with E-state index in [4.69, 9.17) is 12.2 Å². The number of hydrogen-bond acceptors (Lipinski definition) is 1. The van der Waals surface area contributed by atoms with Crippen LogP contribution in [-0.4, -0.2) is 9.55 Å². The van der Waals surface area contributed by atoms with Crippen LogP contribution >= 0.6 is 12.2 Å². The molecule has 2 nitrogen and oxygen atoms in total. The summed E-state index contributed by atoms with van der Waals surface area (Å²) in [5.41, 5.74) is 3.70. The minimum Gasteiger partial charge on any atom is -0.331 e. The van der Waals surface area contributed by atoms with Crippen molar-refractivity contribution in [3.63, 3.8) is 0 Å². The van der Waals surface area contributed by atoms with Crippen LogP contribution in [0.3, 0.4) is 0 Å². The van der Waals surface area contributed by atoms with E-state index in [1.807, 2.05) is 0 Å². The second kappa shape index (κ2) is 3.59. The maximum absolute atomic E-state index is 5.43. The van der Waals surface area contributed by atoms with E-state index in [-0.39, 0.29) is 0 Å². The number of aromatic amines is 1. The molecule has 0 fully saturated rings. The minimum atomic E-state index is 0.502. The Morgan fingerprint density at radius 2 is 2.06 bits per heavy atom. The molecule has 3 rings (SSSR count). The van der Waals surface area contributed by atoms with Crippen molar-refractivity contribution in [3.05, 3.63) is 40.7 Å². The molecular weight excluding hydrogens is 216 g/mol. The highest BCUT2D eigenvalue weighted by Gasteiger charge is 2.17. The summed E-state index contributed by atoms with van der Waals surface area (Å²) < 4.78 is 3.12. The maximum atomic E-state index is 5.43. The van der Waals surface area contributed by atoms with Gasteiger partial charge < -0.3 is 9.55 Å². The van der Waals surface area contributed by atoms with E-state index in [1.54, 1.807) is 0 Å². The smallest absolute Gasteiger partial charge is 0.178 e. The summed E-state index contributed by atoms with van der Waals surface area (Å²) in [4.78, 5) is 3.29. The highest BCUT2D eigenvalue weighted by molar-refractivity contribution is 7.71. The fourth-order valence-corrected chi connectivity index (χ4v) is 2.87. The van der Waals surface area contributed by atoms with Gasteiger partial charge in [0.25, 0.3) is 0 Å². The van der Waals surface area contributed by atoms with Gasteiger partial charge in [-0.1, -0.05) is 24.3 Å². The molecule has 0 aliphatic heterocycles. The average Bonchev–Trinajstić information content (AvgIpc) is 2.84. The number of hydrogen-bond donors (Lipinski definition) is 1. The predicted octanol–water partition coefficient (Wildman–Crippen LogP) is 3.90. The van der Waals surface area contributed by atoms with E-state index in [0.717, 1.165) is 23.1 Å². The number of aryl methyl sites for hydroxylation is 1. The predicted molar refractivity (Wildman–Crippen MR) is 69.3 cm³/mol. The third-order valence-corrected chi connectivity index (χ3v) is 3.59. The Kier molecular flexibility index (Phi) is 2.21. The molecule has 0 spiro atoms. The number of allylic oxidation sites excluding steroid dienone is 2. The van der Waals surface area contributed by atoms with Crippen LogP contribution in [0.2, 0.25) is 0 Å². The van der Waals surface area contributed by atoms with Gasteiger partial charge in [0.2, 0.25) is 0 Å². The minimum absolute atomic E-state index is 0.502. The summed E-state index contributed by atoms with van der Waals surface area (Å²) in [7, 11) is 0. The molecule has 0 amide bonds. The van der Waals surface area contributed by atoms with E-state index >= 15 is 0 Å². The number of nitrogens with zero attached hydrogens (tertiary/aromatic N) is 1. The van der Waals surface area contributed by atoms with Gasteiger partial charge in [-0.15, -0.1) is 0 Å². The zero-order valence-electron chi connectivity index (χ0n) is 9.23. The van der Waals surface area contributed by atoms with Crippen LogP contribution in [0.5, 0.6) is 0 Å². The first-order valence-corrected chi connectivity index (χ1v) is 6.03.